The molecule has 140 valence electrons. The monoisotopic (exact) mass is 376 g/mol. The molecule has 0 aromatic heterocycles. The minimum absolute atomic E-state index is 0.0384. The highest BCUT2D eigenvalue weighted by atomic mass is 35.5. The van der Waals surface area contributed by atoms with Crippen LogP contribution < -0.4 is 20.1 Å². The van der Waals surface area contributed by atoms with E-state index in [1.165, 1.54) is 0 Å². The van der Waals surface area contributed by atoms with Gasteiger partial charge in [0.1, 0.15) is 0 Å². The van der Waals surface area contributed by atoms with Crippen LogP contribution >= 0.6 is 11.6 Å². The molecule has 0 bridgehead atoms. The lowest BCUT2D eigenvalue weighted by Crippen LogP contribution is -2.23. The molecule has 0 radical (unpaired) electrons. The maximum absolute atomic E-state index is 12.0. The molecule has 2 N–H and O–H groups in total. The summed E-state index contributed by atoms with van der Waals surface area (Å²) in [7, 11) is 3.24. The van der Waals surface area contributed by atoms with Crippen LogP contribution in [0.3, 0.4) is 0 Å². The number of anilines is 1. The summed E-state index contributed by atoms with van der Waals surface area (Å²) in [5.41, 5.74) is 2.85. The van der Waals surface area contributed by atoms with Crippen molar-refractivity contribution in [3.8, 4) is 11.5 Å². The molecule has 0 aliphatic carbocycles. The molecule has 0 unspecified atom stereocenters. The topological polar surface area (TPSA) is 59.6 Å². The molecule has 0 saturated carbocycles. The van der Waals surface area contributed by atoms with E-state index in [2.05, 4.69) is 10.6 Å². The number of aryl methyl sites for hydroxylation is 1. The standard InChI is InChI=1S/C20H25ClN2O3/c1-14-4-6-16(13-17(14)21)23-20(24)9-11-22-10-8-15-5-7-18(25-2)19(12-15)26-3/h4-7,12-13,22H,8-11H2,1-3H3,(H,23,24). The Kier molecular flexibility index (Phi) is 7.75. The molecular weight excluding hydrogens is 352 g/mol. The van der Waals surface area contributed by atoms with Gasteiger partial charge in [0.25, 0.3) is 0 Å². The summed E-state index contributed by atoms with van der Waals surface area (Å²) in [6.07, 6.45) is 1.24. The zero-order chi connectivity index (χ0) is 18.9. The van der Waals surface area contributed by atoms with Gasteiger partial charge in [-0.3, -0.25) is 4.79 Å². The van der Waals surface area contributed by atoms with Gasteiger partial charge in [0.2, 0.25) is 5.91 Å². The van der Waals surface area contributed by atoms with E-state index in [1.54, 1.807) is 20.3 Å². The van der Waals surface area contributed by atoms with Gasteiger partial charge in [-0.1, -0.05) is 23.7 Å². The fourth-order valence-electron chi connectivity index (χ4n) is 2.49. The Labute approximate surface area is 159 Å². The Balaban J connectivity index is 1.70. The highest BCUT2D eigenvalue weighted by Crippen LogP contribution is 2.27. The average Bonchev–Trinajstić information content (AvgIpc) is 2.64. The van der Waals surface area contributed by atoms with E-state index in [-0.39, 0.29) is 5.91 Å². The van der Waals surface area contributed by atoms with Crippen LogP contribution in [0.5, 0.6) is 11.5 Å². The number of nitrogens with one attached hydrogen (secondary N) is 2. The summed E-state index contributed by atoms with van der Waals surface area (Å²) in [6.45, 7) is 3.31. The lowest BCUT2D eigenvalue weighted by Gasteiger charge is -2.10. The van der Waals surface area contributed by atoms with Gasteiger partial charge >= 0.3 is 0 Å². The molecule has 26 heavy (non-hydrogen) atoms. The third-order valence-electron chi connectivity index (χ3n) is 4.02. The van der Waals surface area contributed by atoms with Gasteiger partial charge in [-0.15, -0.1) is 0 Å². The first-order valence-corrected chi connectivity index (χ1v) is 8.89. The number of rotatable bonds is 9. The smallest absolute Gasteiger partial charge is 0.225 e. The maximum Gasteiger partial charge on any atom is 0.225 e. The number of hydrogen-bond donors (Lipinski definition) is 2. The number of benzene rings is 2. The number of carbonyl (C=O) groups is 1. The van der Waals surface area contributed by atoms with Crippen LogP contribution in [0, 0.1) is 6.92 Å². The van der Waals surface area contributed by atoms with Crippen LogP contribution in [0.15, 0.2) is 36.4 Å². The number of methoxy groups -OCH3 is 2. The molecule has 5 nitrogen and oxygen atoms in total. The minimum Gasteiger partial charge on any atom is -0.493 e. The summed E-state index contributed by atoms with van der Waals surface area (Å²) in [4.78, 5) is 12.0. The number of carbonyl (C=O) groups excluding carboxylic acids is 1. The summed E-state index contributed by atoms with van der Waals surface area (Å²) >= 11 is 6.06. The van der Waals surface area contributed by atoms with Crippen LogP contribution in [0.1, 0.15) is 17.5 Å². The van der Waals surface area contributed by atoms with Crippen LogP contribution in [0.4, 0.5) is 5.69 Å². The van der Waals surface area contributed by atoms with Crippen molar-refractivity contribution in [3.63, 3.8) is 0 Å². The summed E-state index contributed by atoms with van der Waals surface area (Å²) < 4.78 is 10.5. The lowest BCUT2D eigenvalue weighted by atomic mass is 10.1. The van der Waals surface area contributed by atoms with Gasteiger partial charge in [0.15, 0.2) is 11.5 Å². The third-order valence-corrected chi connectivity index (χ3v) is 4.43. The number of ether oxygens (including phenoxy) is 2. The van der Waals surface area contributed by atoms with E-state index in [4.69, 9.17) is 21.1 Å². The molecule has 0 heterocycles. The van der Waals surface area contributed by atoms with Crippen molar-refractivity contribution in [2.45, 2.75) is 19.8 Å². The molecule has 0 saturated heterocycles. The van der Waals surface area contributed by atoms with E-state index in [1.807, 2.05) is 37.3 Å². The van der Waals surface area contributed by atoms with Crippen molar-refractivity contribution in [1.82, 2.24) is 5.32 Å². The minimum atomic E-state index is -0.0384. The molecular formula is C20H25ClN2O3. The van der Waals surface area contributed by atoms with Crippen molar-refractivity contribution in [3.05, 3.63) is 52.5 Å². The molecule has 2 rings (SSSR count). The molecule has 2 aromatic rings. The Morgan fingerprint density at radius 1 is 1.04 bits per heavy atom. The van der Waals surface area contributed by atoms with E-state index in [0.29, 0.717) is 18.0 Å². The lowest BCUT2D eigenvalue weighted by molar-refractivity contribution is -0.116. The average molecular weight is 377 g/mol. The molecule has 2 aromatic carbocycles. The van der Waals surface area contributed by atoms with Gasteiger partial charge in [0, 0.05) is 23.7 Å². The SMILES string of the molecule is COc1ccc(CCNCCC(=O)Nc2ccc(C)c(Cl)c2)cc1OC. The molecule has 0 aliphatic rings. The highest BCUT2D eigenvalue weighted by Gasteiger charge is 2.06. The van der Waals surface area contributed by atoms with Gasteiger partial charge < -0.3 is 20.1 Å². The van der Waals surface area contributed by atoms with Crippen LogP contribution in [0.2, 0.25) is 5.02 Å². The largest absolute Gasteiger partial charge is 0.493 e. The summed E-state index contributed by atoms with van der Waals surface area (Å²) in [5, 5.41) is 6.78. The van der Waals surface area contributed by atoms with E-state index in [9.17, 15) is 4.79 Å². The molecule has 1 amide bonds. The van der Waals surface area contributed by atoms with Crippen molar-refractivity contribution < 1.29 is 14.3 Å². The predicted molar refractivity (Wildman–Crippen MR) is 106 cm³/mol. The predicted octanol–water partition coefficient (Wildman–Crippen LogP) is 3.83. The summed E-state index contributed by atoms with van der Waals surface area (Å²) in [6, 6.07) is 11.4. The van der Waals surface area contributed by atoms with Crippen molar-refractivity contribution in [2.24, 2.45) is 0 Å². The molecule has 0 atom stereocenters. The van der Waals surface area contributed by atoms with E-state index in [0.717, 1.165) is 41.3 Å². The van der Waals surface area contributed by atoms with Crippen molar-refractivity contribution in [2.75, 3.05) is 32.6 Å². The van der Waals surface area contributed by atoms with Gasteiger partial charge in [-0.2, -0.15) is 0 Å². The second-order valence-electron chi connectivity index (χ2n) is 5.95. The molecule has 0 fully saturated rings. The summed E-state index contributed by atoms with van der Waals surface area (Å²) in [5.74, 6) is 1.40. The number of amides is 1. The van der Waals surface area contributed by atoms with E-state index < -0.39 is 0 Å². The Bertz CT molecular complexity index is 750. The van der Waals surface area contributed by atoms with Crippen molar-refractivity contribution in [1.29, 1.82) is 0 Å². The van der Waals surface area contributed by atoms with Crippen LogP contribution in [-0.4, -0.2) is 33.2 Å². The quantitative estimate of drug-likeness (QED) is 0.653. The third kappa shape index (κ3) is 5.93. The van der Waals surface area contributed by atoms with Gasteiger partial charge in [-0.05, 0) is 55.3 Å². The second kappa shape index (κ2) is 10.0. The Morgan fingerprint density at radius 2 is 1.81 bits per heavy atom. The number of halogens is 1. The molecule has 0 spiro atoms. The van der Waals surface area contributed by atoms with Crippen molar-refractivity contribution >= 4 is 23.2 Å². The molecule has 0 aliphatic heterocycles. The van der Waals surface area contributed by atoms with Gasteiger partial charge in [-0.25, -0.2) is 0 Å². The van der Waals surface area contributed by atoms with Gasteiger partial charge in [0.05, 0.1) is 14.2 Å². The number of hydrogen-bond acceptors (Lipinski definition) is 4. The Hall–Kier alpha value is -2.24. The normalized spacial score (nSPS) is 10.5. The second-order valence-corrected chi connectivity index (χ2v) is 6.36. The highest BCUT2D eigenvalue weighted by molar-refractivity contribution is 6.31. The Morgan fingerprint density at radius 3 is 2.50 bits per heavy atom. The van der Waals surface area contributed by atoms with E-state index >= 15 is 0 Å². The zero-order valence-electron chi connectivity index (χ0n) is 15.4. The first-order valence-electron chi connectivity index (χ1n) is 8.51. The van der Waals surface area contributed by atoms with Crippen LogP contribution in [0.25, 0.3) is 0 Å². The molecule has 6 heteroatoms. The fraction of sp³-hybridized carbons (Fsp3) is 0.350. The fourth-order valence-corrected chi connectivity index (χ4v) is 2.67. The van der Waals surface area contributed by atoms with Crippen LogP contribution in [-0.2, 0) is 11.2 Å². The maximum atomic E-state index is 12.0. The first-order chi connectivity index (χ1) is 12.5. The first kappa shape index (κ1) is 20.1. The zero-order valence-corrected chi connectivity index (χ0v) is 16.2.